The van der Waals surface area contributed by atoms with Crippen molar-refractivity contribution in [3.63, 3.8) is 0 Å². The molecule has 0 saturated heterocycles. The minimum atomic E-state index is -2.51. The topological polar surface area (TPSA) is 93.5 Å². The highest BCUT2D eigenvalue weighted by Gasteiger charge is 2.26. The third-order valence-corrected chi connectivity index (χ3v) is 5.15. The Morgan fingerprint density at radius 2 is 2.07 bits per heavy atom. The fourth-order valence-corrected chi connectivity index (χ4v) is 3.67. The molecule has 0 unspecified atom stereocenters. The Kier molecular flexibility index (Phi) is 5.21. The second-order valence-corrected chi connectivity index (χ2v) is 7.16. The van der Waals surface area contributed by atoms with Crippen LogP contribution in [0.2, 0.25) is 0 Å². The molecule has 0 aliphatic heterocycles. The molecule has 0 aromatic carbocycles. The average molecular weight is 391 g/mol. The zero-order valence-electron chi connectivity index (χ0n) is 15.8. The highest BCUT2D eigenvalue weighted by Crippen LogP contribution is 2.34. The van der Waals surface area contributed by atoms with Crippen molar-refractivity contribution in [2.75, 3.05) is 12.4 Å². The first-order valence-electron chi connectivity index (χ1n) is 9.37. The number of hydrogen-bond acceptors (Lipinski definition) is 6. The molecule has 0 radical (unpaired) electrons. The summed E-state index contributed by atoms with van der Waals surface area (Å²) in [7, 11) is 1.73. The third-order valence-electron chi connectivity index (χ3n) is 5.15. The van der Waals surface area contributed by atoms with Gasteiger partial charge in [-0.15, -0.1) is 0 Å². The average Bonchev–Trinajstić information content (AvgIpc) is 3.27. The lowest BCUT2D eigenvalue weighted by Crippen LogP contribution is -2.21. The van der Waals surface area contributed by atoms with Crippen LogP contribution in [0.15, 0.2) is 12.3 Å². The Labute approximate surface area is 160 Å². The number of halogens is 2. The van der Waals surface area contributed by atoms with Crippen molar-refractivity contribution in [3.05, 3.63) is 23.8 Å². The molecule has 3 aromatic heterocycles. The number of nitrogens with one attached hydrogen (secondary N) is 2. The quantitative estimate of drug-likeness (QED) is 0.668. The Morgan fingerprint density at radius 3 is 2.71 bits per heavy atom. The van der Waals surface area contributed by atoms with Crippen molar-refractivity contribution in [2.24, 2.45) is 0 Å². The number of aromatic amines is 1. The molecule has 1 aliphatic rings. The number of aryl methyl sites for hydroxylation is 1. The number of alkyl halides is 2. The zero-order valence-corrected chi connectivity index (χ0v) is 15.8. The van der Waals surface area contributed by atoms with Crippen molar-refractivity contribution in [3.8, 4) is 0 Å². The predicted molar refractivity (Wildman–Crippen MR) is 99.9 cm³/mol. The van der Waals surface area contributed by atoms with Gasteiger partial charge < -0.3 is 10.1 Å². The maximum absolute atomic E-state index is 13.0. The Hall–Kier alpha value is -2.62. The normalized spacial score (nSPS) is 20.2. The third kappa shape index (κ3) is 3.82. The van der Waals surface area contributed by atoms with Crippen LogP contribution in [0.4, 0.5) is 20.4 Å². The number of ether oxygens (including phenoxy) is 1. The van der Waals surface area contributed by atoms with Crippen LogP contribution in [0.1, 0.15) is 43.1 Å². The van der Waals surface area contributed by atoms with Crippen molar-refractivity contribution >= 4 is 22.7 Å². The lowest BCUT2D eigenvalue weighted by Gasteiger charge is -2.26. The van der Waals surface area contributed by atoms with Crippen LogP contribution in [0, 0.1) is 6.92 Å². The second-order valence-electron chi connectivity index (χ2n) is 7.16. The lowest BCUT2D eigenvalue weighted by molar-refractivity contribution is 0.0651. The van der Waals surface area contributed by atoms with Gasteiger partial charge in [-0.25, -0.2) is 23.4 Å². The number of hydrogen-bond donors (Lipinski definition) is 2. The number of rotatable bonds is 6. The molecule has 150 valence electrons. The highest BCUT2D eigenvalue weighted by molar-refractivity contribution is 5.88. The summed E-state index contributed by atoms with van der Waals surface area (Å²) in [5.74, 6) is 1.94. The highest BCUT2D eigenvalue weighted by atomic mass is 19.3. The number of fused-ring (bicyclic) bond motifs is 1. The van der Waals surface area contributed by atoms with E-state index in [1.54, 1.807) is 7.11 Å². The van der Waals surface area contributed by atoms with E-state index >= 15 is 0 Å². The summed E-state index contributed by atoms with van der Waals surface area (Å²) in [4.78, 5) is 9.33. The van der Waals surface area contributed by atoms with Gasteiger partial charge in [0.15, 0.2) is 11.5 Å². The monoisotopic (exact) mass is 391 g/mol. The Bertz CT molecular complexity index is 947. The van der Waals surface area contributed by atoms with Crippen molar-refractivity contribution in [1.29, 1.82) is 0 Å². The fourth-order valence-electron chi connectivity index (χ4n) is 3.67. The Morgan fingerprint density at radius 1 is 1.29 bits per heavy atom. The summed E-state index contributed by atoms with van der Waals surface area (Å²) in [5, 5.41) is 14.9. The maximum atomic E-state index is 13.0. The summed E-state index contributed by atoms with van der Waals surface area (Å²) in [5.41, 5.74) is 1.31. The first kappa shape index (κ1) is 18.7. The molecule has 8 nitrogen and oxygen atoms in total. The SMILES string of the molecule is CO[C@H]1CC[C@@H](c2nc(Nc3cc(C)[nH]n3)c3cnn(CC(F)F)c3n2)CC1. The van der Waals surface area contributed by atoms with Crippen molar-refractivity contribution in [2.45, 2.75) is 57.6 Å². The van der Waals surface area contributed by atoms with Crippen LogP contribution in [-0.4, -0.2) is 49.6 Å². The minimum Gasteiger partial charge on any atom is -0.381 e. The Balaban J connectivity index is 1.72. The summed E-state index contributed by atoms with van der Waals surface area (Å²) in [6.07, 6.45) is 2.92. The number of aromatic nitrogens is 6. The van der Waals surface area contributed by atoms with E-state index in [-0.39, 0.29) is 12.0 Å². The van der Waals surface area contributed by atoms with Crippen LogP contribution >= 0.6 is 0 Å². The largest absolute Gasteiger partial charge is 0.381 e. The summed E-state index contributed by atoms with van der Waals surface area (Å²) < 4.78 is 32.6. The number of nitrogens with zero attached hydrogens (tertiary/aromatic N) is 5. The van der Waals surface area contributed by atoms with Crippen molar-refractivity contribution < 1.29 is 13.5 Å². The number of anilines is 2. The van der Waals surface area contributed by atoms with Crippen LogP contribution < -0.4 is 5.32 Å². The summed E-state index contributed by atoms with van der Waals surface area (Å²) >= 11 is 0. The molecule has 4 rings (SSSR count). The number of methoxy groups -OCH3 is 1. The molecule has 1 saturated carbocycles. The van der Waals surface area contributed by atoms with E-state index in [0.29, 0.717) is 28.5 Å². The van der Waals surface area contributed by atoms with Gasteiger partial charge in [-0.3, -0.25) is 5.10 Å². The zero-order chi connectivity index (χ0) is 19.7. The maximum Gasteiger partial charge on any atom is 0.258 e. The van der Waals surface area contributed by atoms with Gasteiger partial charge in [-0.1, -0.05) is 0 Å². The van der Waals surface area contributed by atoms with Gasteiger partial charge in [0.2, 0.25) is 0 Å². The van der Waals surface area contributed by atoms with Crippen LogP contribution in [0.5, 0.6) is 0 Å². The number of H-pyrrole nitrogens is 1. The summed E-state index contributed by atoms with van der Waals surface area (Å²) in [6, 6.07) is 1.85. The molecule has 10 heteroatoms. The smallest absolute Gasteiger partial charge is 0.258 e. The molecule has 0 bridgehead atoms. The van der Waals surface area contributed by atoms with E-state index in [1.807, 2.05) is 13.0 Å². The van der Waals surface area contributed by atoms with Gasteiger partial charge >= 0.3 is 0 Å². The first-order valence-corrected chi connectivity index (χ1v) is 9.37. The lowest BCUT2D eigenvalue weighted by atomic mass is 9.87. The van der Waals surface area contributed by atoms with Crippen LogP contribution in [0.25, 0.3) is 11.0 Å². The summed E-state index contributed by atoms with van der Waals surface area (Å²) in [6.45, 7) is 1.39. The standard InChI is InChI=1S/C18H23F2N7O/c1-10-7-15(26-25-10)22-17-13-8-21-27(9-14(19)20)18(13)24-16(23-17)11-3-5-12(28-2)6-4-11/h7-8,11-12,14H,3-6,9H2,1-2H3,(H2,22,23,24,25,26)/t11-,12+. The van der Waals surface area contributed by atoms with Crippen LogP contribution in [-0.2, 0) is 11.3 Å². The van der Waals surface area contributed by atoms with Gasteiger partial charge in [0, 0.05) is 24.8 Å². The van der Waals surface area contributed by atoms with E-state index in [9.17, 15) is 8.78 Å². The second kappa shape index (κ2) is 7.78. The molecule has 0 spiro atoms. The van der Waals surface area contributed by atoms with Gasteiger partial charge in [-0.2, -0.15) is 10.2 Å². The molecular formula is C18H23F2N7O. The van der Waals surface area contributed by atoms with E-state index in [1.165, 1.54) is 10.9 Å². The predicted octanol–water partition coefficient (Wildman–Crippen LogP) is 3.54. The van der Waals surface area contributed by atoms with Gasteiger partial charge in [-0.05, 0) is 32.6 Å². The molecular weight excluding hydrogens is 368 g/mol. The fraction of sp³-hybridized carbons (Fsp3) is 0.556. The molecule has 1 fully saturated rings. The van der Waals surface area contributed by atoms with Gasteiger partial charge in [0.25, 0.3) is 6.43 Å². The van der Waals surface area contributed by atoms with E-state index in [0.717, 1.165) is 31.4 Å². The van der Waals surface area contributed by atoms with Crippen molar-refractivity contribution in [1.82, 2.24) is 29.9 Å². The van der Waals surface area contributed by atoms with Gasteiger partial charge in [0.1, 0.15) is 18.2 Å². The van der Waals surface area contributed by atoms with Crippen LogP contribution in [0.3, 0.4) is 0 Å². The minimum absolute atomic E-state index is 0.159. The molecule has 0 amide bonds. The molecule has 3 heterocycles. The van der Waals surface area contributed by atoms with E-state index in [2.05, 4.69) is 25.6 Å². The molecule has 1 aliphatic carbocycles. The van der Waals surface area contributed by atoms with Gasteiger partial charge in [0.05, 0.1) is 17.7 Å². The molecule has 2 N–H and O–H groups in total. The molecule has 28 heavy (non-hydrogen) atoms. The molecule has 0 atom stereocenters. The van der Waals surface area contributed by atoms with E-state index < -0.39 is 13.0 Å². The van der Waals surface area contributed by atoms with E-state index in [4.69, 9.17) is 9.72 Å². The molecule has 3 aromatic rings. The first-order chi connectivity index (χ1) is 13.5.